The third-order valence-electron chi connectivity index (χ3n) is 3.70. The van der Waals surface area contributed by atoms with Crippen LogP contribution in [0.5, 0.6) is 0 Å². The Balaban J connectivity index is 1.94. The predicted octanol–water partition coefficient (Wildman–Crippen LogP) is 2.81. The van der Waals surface area contributed by atoms with Crippen LogP contribution >= 0.6 is 0 Å². The van der Waals surface area contributed by atoms with E-state index in [0.717, 1.165) is 22.4 Å². The summed E-state index contributed by atoms with van der Waals surface area (Å²) in [6.07, 6.45) is 0.720. The number of amides is 2. The van der Waals surface area contributed by atoms with Crippen molar-refractivity contribution in [2.75, 3.05) is 19.4 Å². The summed E-state index contributed by atoms with van der Waals surface area (Å²) in [5.41, 5.74) is 3.81. The first-order valence-corrected chi connectivity index (χ1v) is 7.59. The molecule has 0 aromatic heterocycles. The Morgan fingerprint density at radius 2 is 1.61 bits per heavy atom. The number of nitrogens with one attached hydrogen (secondary N) is 1. The number of nitrogens with zero attached hydrogens (tertiary/aromatic N) is 1. The highest BCUT2D eigenvalue weighted by Gasteiger charge is 2.08. The number of carbonyl (C=O) groups is 2. The number of hydrogen-bond donors (Lipinski definition) is 1. The van der Waals surface area contributed by atoms with Gasteiger partial charge in [-0.3, -0.25) is 9.59 Å². The smallest absolute Gasteiger partial charge is 0.228 e. The monoisotopic (exact) mass is 310 g/mol. The molecule has 0 aliphatic heterocycles. The van der Waals surface area contributed by atoms with Crippen molar-refractivity contribution in [2.45, 2.75) is 19.8 Å². The van der Waals surface area contributed by atoms with Gasteiger partial charge in [0.1, 0.15) is 0 Å². The first-order chi connectivity index (χ1) is 11.0. The van der Waals surface area contributed by atoms with Gasteiger partial charge in [0.2, 0.25) is 11.8 Å². The topological polar surface area (TPSA) is 49.4 Å². The van der Waals surface area contributed by atoms with Crippen LogP contribution in [0.15, 0.2) is 48.5 Å². The maximum Gasteiger partial charge on any atom is 0.228 e. The summed E-state index contributed by atoms with van der Waals surface area (Å²) in [4.78, 5) is 25.3. The molecule has 2 aromatic rings. The molecular weight excluding hydrogens is 288 g/mol. The average Bonchev–Trinajstić information content (AvgIpc) is 2.51. The Kier molecular flexibility index (Phi) is 5.52. The standard InChI is InChI=1S/C19H22N2O2/c1-14-6-4-5-7-16(14)13-18(22)20-17-10-8-15(9-11-17)12-19(23)21(2)3/h4-11H,12-13H2,1-3H3,(H,20,22). The zero-order valence-corrected chi connectivity index (χ0v) is 13.8. The second kappa shape index (κ2) is 7.58. The lowest BCUT2D eigenvalue weighted by Gasteiger charge is -2.11. The molecule has 0 bridgehead atoms. The summed E-state index contributed by atoms with van der Waals surface area (Å²) in [5.74, 6) is 0.0118. The molecule has 0 atom stereocenters. The molecule has 23 heavy (non-hydrogen) atoms. The second-order valence-electron chi connectivity index (χ2n) is 5.81. The third-order valence-corrected chi connectivity index (χ3v) is 3.70. The van der Waals surface area contributed by atoms with Crippen LogP contribution in [0.3, 0.4) is 0 Å². The van der Waals surface area contributed by atoms with Crippen LogP contribution < -0.4 is 5.32 Å². The highest BCUT2D eigenvalue weighted by molar-refractivity contribution is 5.92. The summed E-state index contributed by atoms with van der Waals surface area (Å²) in [7, 11) is 3.48. The van der Waals surface area contributed by atoms with Crippen molar-refractivity contribution >= 4 is 17.5 Å². The van der Waals surface area contributed by atoms with E-state index < -0.39 is 0 Å². The van der Waals surface area contributed by atoms with E-state index in [1.54, 1.807) is 19.0 Å². The van der Waals surface area contributed by atoms with E-state index in [1.807, 2.05) is 55.5 Å². The molecule has 2 amide bonds. The van der Waals surface area contributed by atoms with E-state index in [9.17, 15) is 9.59 Å². The molecule has 1 N–H and O–H groups in total. The van der Waals surface area contributed by atoms with Gasteiger partial charge >= 0.3 is 0 Å². The molecule has 0 saturated carbocycles. The Hall–Kier alpha value is -2.62. The van der Waals surface area contributed by atoms with E-state index in [2.05, 4.69) is 5.32 Å². The zero-order valence-electron chi connectivity index (χ0n) is 13.8. The Morgan fingerprint density at radius 3 is 2.22 bits per heavy atom. The van der Waals surface area contributed by atoms with Crippen LogP contribution in [-0.2, 0) is 22.4 Å². The number of hydrogen-bond acceptors (Lipinski definition) is 2. The number of likely N-dealkylation sites (N-methyl/N-ethyl adjacent to an activating group) is 1. The molecule has 0 saturated heterocycles. The number of carbonyl (C=O) groups excluding carboxylic acids is 2. The minimum atomic E-state index is -0.0450. The fraction of sp³-hybridized carbons (Fsp3) is 0.263. The lowest BCUT2D eigenvalue weighted by atomic mass is 10.1. The molecule has 4 nitrogen and oxygen atoms in total. The summed E-state index contributed by atoms with van der Waals surface area (Å²) < 4.78 is 0. The predicted molar refractivity (Wildman–Crippen MR) is 92.4 cm³/mol. The molecule has 2 aromatic carbocycles. The van der Waals surface area contributed by atoms with Gasteiger partial charge in [-0.05, 0) is 35.7 Å². The quantitative estimate of drug-likeness (QED) is 0.923. The number of anilines is 1. The number of rotatable bonds is 5. The fourth-order valence-corrected chi connectivity index (χ4v) is 2.23. The summed E-state index contributed by atoms with van der Waals surface area (Å²) in [6.45, 7) is 2.00. The van der Waals surface area contributed by atoms with E-state index in [1.165, 1.54) is 0 Å². The van der Waals surface area contributed by atoms with E-state index >= 15 is 0 Å². The second-order valence-corrected chi connectivity index (χ2v) is 5.81. The van der Waals surface area contributed by atoms with E-state index in [4.69, 9.17) is 0 Å². The van der Waals surface area contributed by atoms with Gasteiger partial charge in [0.15, 0.2) is 0 Å². The molecule has 0 unspecified atom stereocenters. The minimum absolute atomic E-state index is 0.0450. The van der Waals surface area contributed by atoms with E-state index in [-0.39, 0.29) is 11.8 Å². The van der Waals surface area contributed by atoms with Gasteiger partial charge in [0, 0.05) is 19.8 Å². The van der Waals surface area contributed by atoms with Crippen molar-refractivity contribution in [2.24, 2.45) is 0 Å². The number of benzene rings is 2. The first kappa shape index (κ1) is 16.7. The molecule has 2 rings (SSSR count). The van der Waals surface area contributed by atoms with Gasteiger partial charge in [-0.15, -0.1) is 0 Å². The maximum absolute atomic E-state index is 12.1. The maximum atomic E-state index is 12.1. The van der Waals surface area contributed by atoms with Gasteiger partial charge in [-0.2, -0.15) is 0 Å². The van der Waals surface area contributed by atoms with Gasteiger partial charge in [0.05, 0.1) is 12.8 Å². The van der Waals surface area contributed by atoms with Gasteiger partial charge < -0.3 is 10.2 Å². The van der Waals surface area contributed by atoms with Crippen molar-refractivity contribution < 1.29 is 9.59 Å². The van der Waals surface area contributed by atoms with Gasteiger partial charge in [-0.25, -0.2) is 0 Å². The fourth-order valence-electron chi connectivity index (χ4n) is 2.23. The molecule has 0 spiro atoms. The van der Waals surface area contributed by atoms with E-state index in [0.29, 0.717) is 12.8 Å². The van der Waals surface area contributed by atoms with Crippen LogP contribution in [-0.4, -0.2) is 30.8 Å². The summed E-state index contributed by atoms with van der Waals surface area (Å²) in [5, 5.41) is 2.89. The highest BCUT2D eigenvalue weighted by Crippen LogP contribution is 2.13. The summed E-state index contributed by atoms with van der Waals surface area (Å²) in [6, 6.07) is 15.2. The van der Waals surface area contributed by atoms with Crippen LogP contribution in [0, 0.1) is 6.92 Å². The van der Waals surface area contributed by atoms with Gasteiger partial charge in [-0.1, -0.05) is 36.4 Å². The van der Waals surface area contributed by atoms with Crippen molar-refractivity contribution in [3.05, 3.63) is 65.2 Å². The van der Waals surface area contributed by atoms with Gasteiger partial charge in [0.25, 0.3) is 0 Å². The lowest BCUT2D eigenvalue weighted by Crippen LogP contribution is -2.23. The Labute approximate surface area is 137 Å². The molecule has 0 fully saturated rings. The Morgan fingerprint density at radius 1 is 0.957 bits per heavy atom. The van der Waals surface area contributed by atoms with Crippen molar-refractivity contribution in [3.8, 4) is 0 Å². The molecular formula is C19H22N2O2. The SMILES string of the molecule is Cc1ccccc1CC(=O)Nc1ccc(CC(=O)N(C)C)cc1. The van der Waals surface area contributed by atoms with Crippen molar-refractivity contribution in [1.82, 2.24) is 4.90 Å². The number of aryl methyl sites for hydroxylation is 1. The molecule has 0 aliphatic rings. The normalized spacial score (nSPS) is 10.2. The Bertz CT molecular complexity index is 691. The third kappa shape index (κ3) is 4.95. The molecule has 0 aliphatic carbocycles. The van der Waals surface area contributed by atoms with Crippen LogP contribution in [0.2, 0.25) is 0 Å². The van der Waals surface area contributed by atoms with Crippen LogP contribution in [0.4, 0.5) is 5.69 Å². The molecule has 0 radical (unpaired) electrons. The van der Waals surface area contributed by atoms with Crippen LogP contribution in [0.1, 0.15) is 16.7 Å². The minimum Gasteiger partial charge on any atom is -0.349 e. The first-order valence-electron chi connectivity index (χ1n) is 7.59. The molecule has 4 heteroatoms. The van der Waals surface area contributed by atoms with Crippen molar-refractivity contribution in [1.29, 1.82) is 0 Å². The summed E-state index contributed by atoms with van der Waals surface area (Å²) >= 11 is 0. The average molecular weight is 310 g/mol. The lowest BCUT2D eigenvalue weighted by molar-refractivity contribution is -0.128. The molecule has 120 valence electrons. The largest absolute Gasteiger partial charge is 0.349 e. The molecule has 0 heterocycles. The highest BCUT2D eigenvalue weighted by atomic mass is 16.2. The van der Waals surface area contributed by atoms with Crippen LogP contribution in [0.25, 0.3) is 0 Å². The van der Waals surface area contributed by atoms with Crippen molar-refractivity contribution in [3.63, 3.8) is 0 Å². The zero-order chi connectivity index (χ0) is 16.8.